The maximum Gasteiger partial charge on any atom is 0.178 e. The van der Waals surface area contributed by atoms with Crippen LogP contribution in [0.1, 0.15) is 50.6 Å². The van der Waals surface area contributed by atoms with Gasteiger partial charge in [-0.25, -0.2) is 4.39 Å². The molecule has 1 aliphatic rings. The molecule has 3 nitrogen and oxygen atoms in total. The van der Waals surface area contributed by atoms with Crippen LogP contribution in [0.3, 0.4) is 0 Å². The van der Waals surface area contributed by atoms with E-state index in [0.29, 0.717) is 6.42 Å². The van der Waals surface area contributed by atoms with Gasteiger partial charge in [0.25, 0.3) is 0 Å². The highest BCUT2D eigenvalue weighted by molar-refractivity contribution is 5.03. The van der Waals surface area contributed by atoms with E-state index in [9.17, 15) is 4.39 Å². The number of hydrogen-bond donors (Lipinski definition) is 0. The van der Waals surface area contributed by atoms with Crippen molar-refractivity contribution in [2.75, 3.05) is 0 Å². The number of hydrogen-bond acceptors (Lipinski definition) is 2. The Bertz CT molecular complexity index is 306. The molecule has 0 amide bonds. The molecule has 2 heterocycles. The zero-order chi connectivity index (χ0) is 9.42. The van der Waals surface area contributed by atoms with E-state index >= 15 is 0 Å². The predicted octanol–water partition coefficient (Wildman–Crippen LogP) is 2.21. The summed E-state index contributed by atoms with van der Waals surface area (Å²) in [5, 5.41) is 8.02. The molecule has 0 aliphatic carbocycles. The van der Waals surface area contributed by atoms with Gasteiger partial charge in [0.1, 0.15) is 11.6 Å². The normalized spacial score (nSPS) is 22.0. The van der Waals surface area contributed by atoms with Gasteiger partial charge in [-0.1, -0.05) is 13.8 Å². The number of fused-ring (bicyclic) bond motifs is 1. The minimum atomic E-state index is -0.906. The third-order valence-electron chi connectivity index (χ3n) is 2.43. The van der Waals surface area contributed by atoms with Crippen LogP contribution in [0.2, 0.25) is 0 Å². The maximum atomic E-state index is 13.5. The van der Waals surface area contributed by atoms with Crippen molar-refractivity contribution in [1.29, 1.82) is 0 Å². The Hall–Kier alpha value is -0.930. The van der Waals surface area contributed by atoms with Crippen molar-refractivity contribution in [3.8, 4) is 0 Å². The van der Waals surface area contributed by atoms with Crippen molar-refractivity contribution in [3.63, 3.8) is 0 Å². The second-order valence-electron chi connectivity index (χ2n) is 3.83. The summed E-state index contributed by atoms with van der Waals surface area (Å²) in [6.45, 7) is 4.03. The topological polar surface area (TPSA) is 30.7 Å². The van der Waals surface area contributed by atoms with Crippen LogP contribution < -0.4 is 0 Å². The van der Waals surface area contributed by atoms with Crippen LogP contribution >= 0.6 is 0 Å². The van der Waals surface area contributed by atoms with E-state index in [0.717, 1.165) is 24.5 Å². The maximum absolute atomic E-state index is 13.5. The zero-order valence-corrected chi connectivity index (χ0v) is 8.00. The van der Waals surface area contributed by atoms with Gasteiger partial charge in [0.2, 0.25) is 0 Å². The molecule has 1 aliphatic heterocycles. The van der Waals surface area contributed by atoms with Gasteiger partial charge in [0.05, 0.1) is 0 Å². The van der Waals surface area contributed by atoms with Crippen LogP contribution in [-0.4, -0.2) is 14.8 Å². The summed E-state index contributed by atoms with van der Waals surface area (Å²) in [5.41, 5.74) is 0. The third kappa shape index (κ3) is 1.34. The van der Waals surface area contributed by atoms with E-state index in [-0.39, 0.29) is 5.92 Å². The molecule has 1 unspecified atom stereocenters. The summed E-state index contributed by atoms with van der Waals surface area (Å²) in [6, 6.07) is 0. The van der Waals surface area contributed by atoms with Gasteiger partial charge in [-0.15, -0.1) is 10.2 Å². The van der Waals surface area contributed by atoms with E-state index in [2.05, 4.69) is 10.2 Å². The molecule has 0 saturated heterocycles. The first kappa shape index (κ1) is 8.66. The summed E-state index contributed by atoms with van der Waals surface area (Å²) in [6.07, 6.45) is 1.44. The number of rotatable bonds is 1. The fourth-order valence-corrected chi connectivity index (χ4v) is 1.76. The molecule has 72 valence electrons. The van der Waals surface area contributed by atoms with Gasteiger partial charge in [0, 0.05) is 12.3 Å². The monoisotopic (exact) mass is 183 g/mol. The SMILES string of the molecule is CC(C)c1nnc2n1C(F)CCC2. The van der Waals surface area contributed by atoms with Gasteiger partial charge in [-0.05, 0) is 12.8 Å². The molecule has 0 spiro atoms. The largest absolute Gasteiger partial charge is 0.283 e. The lowest BCUT2D eigenvalue weighted by atomic mass is 10.1. The molecule has 0 aromatic carbocycles. The minimum absolute atomic E-state index is 0.248. The molecule has 2 rings (SSSR count). The summed E-state index contributed by atoms with van der Waals surface area (Å²) >= 11 is 0. The zero-order valence-electron chi connectivity index (χ0n) is 8.00. The molecular formula is C9H14FN3. The van der Waals surface area contributed by atoms with Crippen molar-refractivity contribution >= 4 is 0 Å². The Morgan fingerprint density at radius 3 is 2.92 bits per heavy atom. The quantitative estimate of drug-likeness (QED) is 0.668. The van der Waals surface area contributed by atoms with E-state index < -0.39 is 6.30 Å². The molecule has 4 heteroatoms. The lowest BCUT2D eigenvalue weighted by Crippen LogP contribution is -2.17. The molecule has 0 radical (unpaired) electrons. The third-order valence-corrected chi connectivity index (χ3v) is 2.43. The molecule has 0 N–H and O–H groups in total. The van der Waals surface area contributed by atoms with Crippen molar-refractivity contribution in [3.05, 3.63) is 11.6 Å². The van der Waals surface area contributed by atoms with Crippen LogP contribution in [0, 0.1) is 0 Å². The fraction of sp³-hybridized carbons (Fsp3) is 0.778. The Morgan fingerprint density at radius 2 is 2.23 bits per heavy atom. The first-order valence-electron chi connectivity index (χ1n) is 4.78. The molecule has 1 aromatic rings. The van der Waals surface area contributed by atoms with E-state index in [1.807, 2.05) is 13.8 Å². The Morgan fingerprint density at radius 1 is 1.46 bits per heavy atom. The molecule has 1 aromatic heterocycles. The van der Waals surface area contributed by atoms with Gasteiger partial charge in [-0.2, -0.15) is 0 Å². The molecule has 0 bridgehead atoms. The van der Waals surface area contributed by atoms with Crippen LogP contribution in [0.25, 0.3) is 0 Å². The predicted molar refractivity (Wildman–Crippen MR) is 47.2 cm³/mol. The number of alkyl halides is 1. The average Bonchev–Trinajstić information content (AvgIpc) is 2.49. The second-order valence-corrected chi connectivity index (χ2v) is 3.83. The highest BCUT2D eigenvalue weighted by atomic mass is 19.1. The van der Waals surface area contributed by atoms with E-state index in [1.54, 1.807) is 4.57 Å². The molecule has 13 heavy (non-hydrogen) atoms. The molecular weight excluding hydrogens is 169 g/mol. The standard InChI is InChI=1S/C9H14FN3/c1-6(2)9-12-11-8-5-3-4-7(10)13(8)9/h6-7H,3-5H2,1-2H3. The lowest BCUT2D eigenvalue weighted by molar-refractivity contribution is 0.190. The Kier molecular flexibility index (Phi) is 2.06. The number of aromatic nitrogens is 3. The highest BCUT2D eigenvalue weighted by Gasteiger charge is 2.24. The van der Waals surface area contributed by atoms with E-state index in [4.69, 9.17) is 0 Å². The summed E-state index contributed by atoms with van der Waals surface area (Å²) in [7, 11) is 0. The van der Waals surface area contributed by atoms with Gasteiger partial charge in [-0.3, -0.25) is 4.57 Å². The van der Waals surface area contributed by atoms with Gasteiger partial charge in [0.15, 0.2) is 6.30 Å². The summed E-state index contributed by atoms with van der Waals surface area (Å²) in [5.74, 6) is 1.84. The van der Waals surface area contributed by atoms with Crippen molar-refractivity contribution in [2.24, 2.45) is 0 Å². The molecule has 0 fully saturated rings. The molecule has 0 saturated carbocycles. The van der Waals surface area contributed by atoms with E-state index in [1.165, 1.54) is 0 Å². The first-order valence-corrected chi connectivity index (χ1v) is 4.78. The smallest absolute Gasteiger partial charge is 0.178 e. The summed E-state index contributed by atoms with van der Waals surface area (Å²) < 4.78 is 15.2. The highest BCUT2D eigenvalue weighted by Crippen LogP contribution is 2.28. The minimum Gasteiger partial charge on any atom is -0.283 e. The molecule has 1 atom stereocenters. The van der Waals surface area contributed by atoms with Crippen molar-refractivity contribution < 1.29 is 4.39 Å². The van der Waals surface area contributed by atoms with Crippen molar-refractivity contribution in [2.45, 2.75) is 45.3 Å². The lowest BCUT2D eigenvalue weighted by Gasteiger charge is -2.20. The number of halogens is 1. The van der Waals surface area contributed by atoms with Crippen molar-refractivity contribution in [1.82, 2.24) is 14.8 Å². The second kappa shape index (κ2) is 3.09. The number of nitrogens with zero attached hydrogens (tertiary/aromatic N) is 3. The van der Waals surface area contributed by atoms with Crippen LogP contribution in [-0.2, 0) is 6.42 Å². The first-order chi connectivity index (χ1) is 6.20. The van der Waals surface area contributed by atoms with Gasteiger partial charge < -0.3 is 0 Å². The van der Waals surface area contributed by atoms with Crippen LogP contribution in [0.5, 0.6) is 0 Å². The van der Waals surface area contributed by atoms with Gasteiger partial charge >= 0.3 is 0 Å². The fourth-order valence-electron chi connectivity index (χ4n) is 1.76. The Balaban J connectivity index is 2.44. The van der Waals surface area contributed by atoms with Crippen LogP contribution in [0.15, 0.2) is 0 Å². The van der Waals surface area contributed by atoms with Crippen LogP contribution in [0.4, 0.5) is 4.39 Å². The summed E-state index contributed by atoms with van der Waals surface area (Å²) in [4.78, 5) is 0. The Labute approximate surface area is 77.0 Å². The number of aryl methyl sites for hydroxylation is 1. The average molecular weight is 183 g/mol.